The summed E-state index contributed by atoms with van der Waals surface area (Å²) in [6.45, 7) is 3.07. The lowest BCUT2D eigenvalue weighted by atomic mass is 9.77. The second-order valence-corrected chi connectivity index (χ2v) is 4.64. The fraction of sp³-hybridized carbons (Fsp3) is 0.571. The maximum Gasteiger partial charge on any atom is 0.171 e. The molecule has 0 fully saturated rings. The molecule has 0 saturated heterocycles. The second-order valence-electron chi connectivity index (χ2n) is 4.64. The van der Waals surface area contributed by atoms with E-state index in [0.717, 1.165) is 6.54 Å². The molecule has 0 saturated carbocycles. The van der Waals surface area contributed by atoms with Crippen molar-refractivity contribution in [2.24, 2.45) is 0 Å². The first-order valence-corrected chi connectivity index (χ1v) is 6.13. The summed E-state index contributed by atoms with van der Waals surface area (Å²) < 4.78 is 10.5. The SMILES string of the molecule is COC(OC)C(C)NCC1Cc2ccccc21. The van der Waals surface area contributed by atoms with Gasteiger partial charge in [0.05, 0.1) is 6.04 Å². The normalized spacial score (nSPS) is 19.9. The molecule has 1 aromatic carbocycles. The van der Waals surface area contributed by atoms with Crippen molar-refractivity contribution in [1.29, 1.82) is 0 Å². The number of hydrogen-bond donors (Lipinski definition) is 1. The average molecular weight is 235 g/mol. The molecule has 3 heteroatoms. The molecule has 0 aliphatic heterocycles. The number of benzene rings is 1. The molecule has 1 aromatic rings. The van der Waals surface area contributed by atoms with Gasteiger partial charge in [-0.2, -0.15) is 0 Å². The zero-order valence-corrected chi connectivity index (χ0v) is 10.8. The van der Waals surface area contributed by atoms with Gasteiger partial charge in [0.15, 0.2) is 6.29 Å². The first-order chi connectivity index (χ1) is 8.26. The maximum atomic E-state index is 5.23. The minimum absolute atomic E-state index is 0.176. The van der Waals surface area contributed by atoms with Crippen LogP contribution >= 0.6 is 0 Å². The summed E-state index contributed by atoms with van der Waals surface area (Å²) in [5.74, 6) is 0.642. The molecule has 2 atom stereocenters. The molecule has 1 aliphatic rings. The number of hydrogen-bond acceptors (Lipinski definition) is 3. The lowest BCUT2D eigenvalue weighted by molar-refractivity contribution is -0.119. The van der Waals surface area contributed by atoms with E-state index in [-0.39, 0.29) is 12.3 Å². The molecule has 2 rings (SSSR count). The van der Waals surface area contributed by atoms with Crippen LogP contribution in [0.2, 0.25) is 0 Å². The van der Waals surface area contributed by atoms with Gasteiger partial charge in [0.1, 0.15) is 0 Å². The highest BCUT2D eigenvalue weighted by molar-refractivity contribution is 5.40. The molecule has 17 heavy (non-hydrogen) atoms. The van der Waals surface area contributed by atoms with Crippen LogP contribution in [0.1, 0.15) is 24.0 Å². The third-order valence-corrected chi connectivity index (χ3v) is 3.52. The first kappa shape index (κ1) is 12.6. The molecule has 0 aromatic heterocycles. The minimum atomic E-state index is -0.176. The average Bonchev–Trinajstić information content (AvgIpc) is 2.32. The molecule has 0 bridgehead atoms. The van der Waals surface area contributed by atoms with E-state index in [4.69, 9.17) is 9.47 Å². The van der Waals surface area contributed by atoms with Crippen molar-refractivity contribution in [3.05, 3.63) is 35.4 Å². The van der Waals surface area contributed by atoms with Crippen LogP contribution in [-0.4, -0.2) is 33.1 Å². The summed E-state index contributed by atoms with van der Waals surface area (Å²) in [5.41, 5.74) is 2.97. The summed E-state index contributed by atoms with van der Waals surface area (Å²) in [6.07, 6.45) is 1.01. The van der Waals surface area contributed by atoms with Gasteiger partial charge in [-0.25, -0.2) is 0 Å². The molecule has 94 valence electrons. The number of ether oxygens (including phenoxy) is 2. The predicted octanol–water partition coefficient (Wildman–Crippen LogP) is 1.92. The van der Waals surface area contributed by atoms with Crippen LogP contribution in [0.25, 0.3) is 0 Å². The van der Waals surface area contributed by atoms with Crippen LogP contribution in [0.4, 0.5) is 0 Å². The molecule has 3 nitrogen and oxygen atoms in total. The Bertz CT molecular complexity index is 363. The quantitative estimate of drug-likeness (QED) is 0.764. The molecule has 0 radical (unpaired) electrons. The monoisotopic (exact) mass is 235 g/mol. The molecule has 1 N–H and O–H groups in total. The summed E-state index contributed by atoms with van der Waals surface area (Å²) in [7, 11) is 3.34. The first-order valence-electron chi connectivity index (χ1n) is 6.13. The Hall–Kier alpha value is -0.900. The van der Waals surface area contributed by atoms with E-state index in [0.29, 0.717) is 5.92 Å². The zero-order valence-electron chi connectivity index (χ0n) is 10.8. The van der Waals surface area contributed by atoms with E-state index in [2.05, 4.69) is 36.5 Å². The number of rotatable bonds is 6. The Morgan fingerprint density at radius 3 is 2.65 bits per heavy atom. The van der Waals surface area contributed by atoms with Crippen molar-refractivity contribution >= 4 is 0 Å². The van der Waals surface area contributed by atoms with E-state index in [1.54, 1.807) is 14.2 Å². The van der Waals surface area contributed by atoms with Crippen LogP contribution in [0.3, 0.4) is 0 Å². The van der Waals surface area contributed by atoms with Crippen molar-refractivity contribution in [3.8, 4) is 0 Å². The molecular weight excluding hydrogens is 214 g/mol. The van der Waals surface area contributed by atoms with Gasteiger partial charge < -0.3 is 14.8 Å². The minimum Gasteiger partial charge on any atom is -0.354 e. The lowest BCUT2D eigenvalue weighted by Crippen LogP contribution is -2.42. The van der Waals surface area contributed by atoms with Gasteiger partial charge in [-0.15, -0.1) is 0 Å². The standard InChI is InChI=1S/C14H21NO2/c1-10(14(16-2)17-3)15-9-12-8-11-6-4-5-7-13(11)12/h4-7,10,12,14-15H,8-9H2,1-3H3. The van der Waals surface area contributed by atoms with Crippen LogP contribution in [0.5, 0.6) is 0 Å². The Morgan fingerprint density at radius 1 is 1.29 bits per heavy atom. The third-order valence-electron chi connectivity index (χ3n) is 3.52. The van der Waals surface area contributed by atoms with Gasteiger partial charge in [0.25, 0.3) is 0 Å². The van der Waals surface area contributed by atoms with Gasteiger partial charge in [0.2, 0.25) is 0 Å². The highest BCUT2D eigenvalue weighted by atomic mass is 16.7. The van der Waals surface area contributed by atoms with Gasteiger partial charge in [-0.3, -0.25) is 0 Å². The number of nitrogens with one attached hydrogen (secondary N) is 1. The van der Waals surface area contributed by atoms with Crippen molar-refractivity contribution in [2.45, 2.75) is 31.6 Å². The van der Waals surface area contributed by atoms with Crippen molar-refractivity contribution in [1.82, 2.24) is 5.32 Å². The zero-order chi connectivity index (χ0) is 12.3. The van der Waals surface area contributed by atoms with Crippen molar-refractivity contribution in [3.63, 3.8) is 0 Å². The van der Waals surface area contributed by atoms with Gasteiger partial charge in [0, 0.05) is 26.7 Å². The summed E-state index contributed by atoms with van der Waals surface area (Å²) in [5, 5.41) is 3.48. The molecule has 0 heterocycles. The molecule has 0 amide bonds. The topological polar surface area (TPSA) is 30.5 Å². The second kappa shape index (κ2) is 5.63. The summed E-state index contributed by atoms with van der Waals surface area (Å²) in [4.78, 5) is 0. The van der Waals surface area contributed by atoms with E-state index >= 15 is 0 Å². The maximum absolute atomic E-state index is 5.23. The largest absolute Gasteiger partial charge is 0.354 e. The Labute approximate surface area is 103 Å². The van der Waals surface area contributed by atoms with E-state index in [1.165, 1.54) is 17.5 Å². The highest BCUT2D eigenvalue weighted by Crippen LogP contribution is 2.34. The van der Waals surface area contributed by atoms with Gasteiger partial charge >= 0.3 is 0 Å². The third kappa shape index (κ3) is 2.68. The lowest BCUT2D eigenvalue weighted by Gasteiger charge is -2.32. The Kier molecular flexibility index (Phi) is 4.15. The van der Waals surface area contributed by atoms with Crippen LogP contribution in [-0.2, 0) is 15.9 Å². The van der Waals surface area contributed by atoms with Crippen molar-refractivity contribution < 1.29 is 9.47 Å². The highest BCUT2D eigenvalue weighted by Gasteiger charge is 2.26. The number of fused-ring (bicyclic) bond motifs is 1. The fourth-order valence-corrected chi connectivity index (χ4v) is 2.47. The van der Waals surface area contributed by atoms with E-state index < -0.39 is 0 Å². The molecule has 1 aliphatic carbocycles. The molecular formula is C14H21NO2. The smallest absolute Gasteiger partial charge is 0.171 e. The van der Waals surface area contributed by atoms with Crippen LogP contribution in [0, 0.1) is 0 Å². The van der Waals surface area contributed by atoms with E-state index in [1.807, 2.05) is 0 Å². The van der Waals surface area contributed by atoms with Crippen LogP contribution in [0.15, 0.2) is 24.3 Å². The molecule has 0 spiro atoms. The van der Waals surface area contributed by atoms with E-state index in [9.17, 15) is 0 Å². The summed E-state index contributed by atoms with van der Waals surface area (Å²) >= 11 is 0. The van der Waals surface area contributed by atoms with Crippen LogP contribution < -0.4 is 5.32 Å². The van der Waals surface area contributed by atoms with Gasteiger partial charge in [-0.05, 0) is 24.5 Å². The Morgan fingerprint density at radius 2 is 2.00 bits per heavy atom. The molecule has 2 unspecified atom stereocenters. The fourth-order valence-electron chi connectivity index (χ4n) is 2.47. The van der Waals surface area contributed by atoms with Crippen molar-refractivity contribution in [2.75, 3.05) is 20.8 Å². The predicted molar refractivity (Wildman–Crippen MR) is 68.2 cm³/mol. The number of methoxy groups -OCH3 is 2. The summed E-state index contributed by atoms with van der Waals surface area (Å²) in [6, 6.07) is 8.86. The Balaban J connectivity index is 1.81. The van der Waals surface area contributed by atoms with Gasteiger partial charge in [-0.1, -0.05) is 24.3 Å².